The maximum Gasteiger partial charge on any atom is 0.271 e. The van der Waals surface area contributed by atoms with Crippen LogP contribution in [0.1, 0.15) is 38.4 Å². The normalized spacial score (nSPS) is 19.4. The van der Waals surface area contributed by atoms with Crippen LogP contribution in [-0.4, -0.2) is 56.3 Å². The molecule has 2 aliphatic rings. The number of hydrogen-bond donors (Lipinski definition) is 3. The molecule has 2 aromatic carbocycles. The maximum atomic E-state index is 13.4. The molecule has 2 atom stereocenters. The molecule has 3 heterocycles. The van der Waals surface area contributed by atoms with Crippen molar-refractivity contribution in [3.05, 3.63) is 83.4 Å². The summed E-state index contributed by atoms with van der Waals surface area (Å²) in [5, 5.41) is 15.1. The topological polar surface area (TPSA) is 125 Å². The number of carbonyl (C=O) groups is 3. The van der Waals surface area contributed by atoms with E-state index in [1.807, 2.05) is 18.2 Å². The molecule has 0 bridgehead atoms. The number of aromatic nitrogens is 2. The molecule has 1 saturated heterocycles. The van der Waals surface area contributed by atoms with Gasteiger partial charge in [0.25, 0.3) is 11.8 Å². The molecule has 9 heteroatoms. The van der Waals surface area contributed by atoms with Crippen LogP contribution in [0.5, 0.6) is 5.75 Å². The Morgan fingerprint density at radius 2 is 1.85 bits per heavy atom. The number of nitrogens with zero attached hydrogens (tertiary/aromatic N) is 3. The van der Waals surface area contributed by atoms with Crippen molar-refractivity contribution < 1.29 is 19.5 Å². The fourth-order valence-corrected chi connectivity index (χ4v) is 4.24. The Balaban J connectivity index is 1.37. The first kappa shape index (κ1) is 21.3. The number of phenolic OH excluding ortho intramolecular Hbond substituents is 1. The summed E-state index contributed by atoms with van der Waals surface area (Å²) in [6.45, 7) is 0.343. The van der Waals surface area contributed by atoms with Gasteiger partial charge in [-0.15, -0.1) is 0 Å². The van der Waals surface area contributed by atoms with Crippen LogP contribution in [0.2, 0.25) is 0 Å². The van der Waals surface area contributed by atoms with Crippen LogP contribution in [0.15, 0.2) is 61.1 Å². The van der Waals surface area contributed by atoms with Gasteiger partial charge in [0, 0.05) is 18.9 Å². The number of nitrogens with one attached hydrogen (secondary N) is 2. The van der Waals surface area contributed by atoms with Crippen molar-refractivity contribution in [2.45, 2.75) is 18.5 Å². The van der Waals surface area contributed by atoms with Crippen molar-refractivity contribution in [2.75, 3.05) is 11.9 Å². The van der Waals surface area contributed by atoms with Crippen LogP contribution in [0.25, 0.3) is 12.2 Å². The van der Waals surface area contributed by atoms with Crippen LogP contribution in [0.3, 0.4) is 0 Å². The minimum atomic E-state index is -0.823. The summed E-state index contributed by atoms with van der Waals surface area (Å²) < 4.78 is 0. The molecule has 0 aliphatic carbocycles. The lowest BCUT2D eigenvalue weighted by atomic mass is 10.1. The van der Waals surface area contributed by atoms with E-state index in [9.17, 15) is 19.5 Å². The Hall–Kier alpha value is -4.53. The first-order valence-corrected chi connectivity index (χ1v) is 10.8. The van der Waals surface area contributed by atoms with Crippen molar-refractivity contribution in [1.82, 2.24) is 20.2 Å². The number of aromatic hydroxyl groups is 1. The van der Waals surface area contributed by atoms with Gasteiger partial charge in [0.1, 0.15) is 17.5 Å². The minimum absolute atomic E-state index is 0.148. The third-order valence-electron chi connectivity index (χ3n) is 5.93. The highest BCUT2D eigenvalue weighted by Gasteiger charge is 2.45. The van der Waals surface area contributed by atoms with Gasteiger partial charge < -0.3 is 20.6 Å². The molecule has 3 amide bonds. The number of carbonyl (C=O) groups excluding carboxylic acids is 3. The van der Waals surface area contributed by atoms with Crippen molar-refractivity contribution >= 4 is 35.6 Å². The molecule has 170 valence electrons. The van der Waals surface area contributed by atoms with Gasteiger partial charge in [0.15, 0.2) is 0 Å². The van der Waals surface area contributed by atoms with Crippen LogP contribution < -0.4 is 10.6 Å². The second kappa shape index (κ2) is 8.78. The first-order chi connectivity index (χ1) is 16.5. The van der Waals surface area contributed by atoms with E-state index in [0.717, 1.165) is 11.1 Å². The van der Waals surface area contributed by atoms with Gasteiger partial charge in [-0.25, -0.2) is 4.98 Å². The van der Waals surface area contributed by atoms with Gasteiger partial charge in [-0.05, 0) is 41.8 Å². The third kappa shape index (κ3) is 4.11. The van der Waals surface area contributed by atoms with E-state index in [0.29, 0.717) is 24.2 Å². The fourth-order valence-electron chi connectivity index (χ4n) is 4.24. The van der Waals surface area contributed by atoms with Crippen molar-refractivity contribution in [1.29, 1.82) is 0 Å². The Bertz CT molecular complexity index is 1290. The third-order valence-corrected chi connectivity index (χ3v) is 5.93. The summed E-state index contributed by atoms with van der Waals surface area (Å²) in [5.74, 6) is -0.866. The van der Waals surface area contributed by atoms with Gasteiger partial charge in [-0.1, -0.05) is 30.4 Å². The van der Waals surface area contributed by atoms with E-state index >= 15 is 0 Å². The van der Waals surface area contributed by atoms with Crippen LogP contribution in [-0.2, 0) is 4.79 Å². The summed E-state index contributed by atoms with van der Waals surface area (Å²) in [6, 6.07) is 10.7. The zero-order valence-electron chi connectivity index (χ0n) is 18.0. The molecule has 2 aliphatic heterocycles. The largest absolute Gasteiger partial charge is 0.508 e. The molecule has 0 radical (unpaired) electrons. The molecular formula is C25H21N5O4. The fraction of sp³-hybridized carbons (Fsp3) is 0.160. The number of rotatable bonds is 4. The molecule has 0 spiro atoms. The average Bonchev–Trinajstić information content (AvgIpc) is 3.23. The maximum absolute atomic E-state index is 13.4. The smallest absolute Gasteiger partial charge is 0.271 e. The van der Waals surface area contributed by atoms with Crippen LogP contribution >= 0.6 is 0 Å². The van der Waals surface area contributed by atoms with E-state index in [1.54, 1.807) is 36.4 Å². The molecule has 3 aromatic rings. The summed E-state index contributed by atoms with van der Waals surface area (Å²) in [6.07, 6.45) is 8.42. The molecule has 1 aromatic heterocycles. The number of fused-ring (bicyclic) bond motifs is 2. The Labute approximate surface area is 195 Å². The highest BCUT2D eigenvalue weighted by atomic mass is 16.3. The number of amides is 3. The SMILES string of the molecule is O=C(N[C@H]1CCN2C(=O)c3cc(/C=C/c4ccc(O)cc4)ccc3NC(=O)[C@H]12)c1cnccn1. The molecule has 34 heavy (non-hydrogen) atoms. The van der Waals surface area contributed by atoms with E-state index in [4.69, 9.17) is 0 Å². The zero-order valence-corrected chi connectivity index (χ0v) is 18.0. The van der Waals surface area contributed by atoms with Gasteiger partial charge in [0.05, 0.1) is 23.5 Å². The second-order valence-electron chi connectivity index (χ2n) is 8.12. The zero-order chi connectivity index (χ0) is 23.7. The van der Waals surface area contributed by atoms with Gasteiger partial charge in [-0.3, -0.25) is 19.4 Å². The predicted octanol–water partition coefficient (Wildman–Crippen LogP) is 2.32. The molecule has 0 saturated carbocycles. The van der Waals surface area contributed by atoms with Crippen LogP contribution in [0, 0.1) is 0 Å². The summed E-state index contributed by atoms with van der Waals surface area (Å²) >= 11 is 0. The lowest BCUT2D eigenvalue weighted by molar-refractivity contribution is -0.120. The van der Waals surface area contributed by atoms with Gasteiger partial charge >= 0.3 is 0 Å². The van der Waals surface area contributed by atoms with Gasteiger partial charge in [-0.2, -0.15) is 0 Å². The second-order valence-corrected chi connectivity index (χ2v) is 8.12. The highest BCUT2D eigenvalue weighted by Crippen LogP contribution is 2.30. The number of phenols is 1. The summed E-state index contributed by atoms with van der Waals surface area (Å²) in [7, 11) is 0. The lowest BCUT2D eigenvalue weighted by Crippen LogP contribution is -2.51. The Morgan fingerprint density at radius 3 is 2.62 bits per heavy atom. The molecule has 1 fully saturated rings. The number of anilines is 1. The Morgan fingerprint density at radius 1 is 1.09 bits per heavy atom. The Kier molecular flexibility index (Phi) is 5.51. The van der Waals surface area contributed by atoms with Gasteiger partial charge in [0.2, 0.25) is 5.91 Å². The standard InChI is InChI=1S/C25H21N5O4/c31-17-6-3-15(4-7-17)1-2-16-5-8-19-18(13-16)25(34)30-12-9-20(22(30)24(33)28-19)29-23(32)21-14-26-10-11-27-21/h1-8,10-11,13-14,20,22,31H,9,12H2,(H,28,33)(H,29,32)/b2-1+/t20-,22-/m0/s1. The lowest BCUT2D eigenvalue weighted by Gasteiger charge is -2.24. The average molecular weight is 455 g/mol. The number of benzene rings is 2. The first-order valence-electron chi connectivity index (χ1n) is 10.8. The van der Waals surface area contributed by atoms with E-state index in [2.05, 4.69) is 20.6 Å². The molecule has 3 N–H and O–H groups in total. The summed E-state index contributed by atoms with van der Waals surface area (Å²) in [4.78, 5) is 48.4. The monoisotopic (exact) mass is 455 g/mol. The minimum Gasteiger partial charge on any atom is -0.508 e. The van der Waals surface area contributed by atoms with E-state index < -0.39 is 18.0 Å². The predicted molar refractivity (Wildman–Crippen MR) is 125 cm³/mol. The van der Waals surface area contributed by atoms with Crippen molar-refractivity contribution in [3.63, 3.8) is 0 Å². The molecule has 9 nitrogen and oxygen atoms in total. The quantitative estimate of drug-likeness (QED) is 0.519. The molecule has 0 unspecified atom stereocenters. The summed E-state index contributed by atoms with van der Waals surface area (Å²) in [5.41, 5.74) is 2.66. The van der Waals surface area contributed by atoms with Crippen molar-refractivity contribution in [3.8, 4) is 5.75 Å². The molecule has 5 rings (SSSR count). The van der Waals surface area contributed by atoms with E-state index in [-0.39, 0.29) is 23.3 Å². The van der Waals surface area contributed by atoms with Crippen LogP contribution in [0.4, 0.5) is 5.69 Å². The van der Waals surface area contributed by atoms with E-state index in [1.165, 1.54) is 23.5 Å². The number of hydrogen-bond acceptors (Lipinski definition) is 6. The van der Waals surface area contributed by atoms with Crippen molar-refractivity contribution in [2.24, 2.45) is 0 Å². The highest BCUT2D eigenvalue weighted by molar-refractivity contribution is 6.11. The molecular weight excluding hydrogens is 434 g/mol.